The summed E-state index contributed by atoms with van der Waals surface area (Å²) < 4.78 is 24.7. The van der Waals surface area contributed by atoms with Gasteiger partial charge in [-0.3, -0.25) is 0 Å². The second kappa shape index (κ2) is 4.59. The maximum Gasteiger partial charge on any atom is 0.225 e. The topological polar surface area (TPSA) is 66.4 Å². The van der Waals surface area contributed by atoms with Gasteiger partial charge < -0.3 is 5.11 Å². The van der Waals surface area contributed by atoms with Crippen molar-refractivity contribution in [3.05, 3.63) is 0 Å². The van der Waals surface area contributed by atoms with Crippen LogP contribution in [0.4, 0.5) is 0 Å². The lowest BCUT2D eigenvalue weighted by molar-refractivity contribution is 0.213. The third-order valence-electron chi connectivity index (χ3n) is 2.37. The highest BCUT2D eigenvalue weighted by atomic mass is 35.5. The van der Waals surface area contributed by atoms with E-state index < -0.39 is 15.2 Å². The largest absolute Gasteiger partial charge is 0.396 e. The quantitative estimate of drug-likeness (QED) is 0.678. The molecule has 78 valence electrons. The zero-order valence-corrected chi connectivity index (χ0v) is 8.81. The van der Waals surface area contributed by atoms with Gasteiger partial charge >= 0.3 is 0 Å². The third kappa shape index (κ3) is 3.09. The summed E-state index contributed by atoms with van der Waals surface area (Å²) in [5.41, 5.74) is 0. The number of halogens is 1. The van der Waals surface area contributed by atoms with E-state index in [0.29, 0.717) is 0 Å². The Morgan fingerprint density at radius 3 is 2.69 bits per heavy atom. The van der Waals surface area contributed by atoms with Gasteiger partial charge in [-0.2, -0.15) is 0 Å². The maximum absolute atomic E-state index is 11.1. The number of rotatable bonds is 4. The Hall–Kier alpha value is 0.160. The summed E-state index contributed by atoms with van der Waals surface area (Å²) in [6.45, 7) is 0.0372. The normalized spacial score (nSPS) is 29.4. The van der Waals surface area contributed by atoms with E-state index in [9.17, 15) is 8.42 Å². The second-order valence-corrected chi connectivity index (χ2v) is 5.66. The molecule has 0 heterocycles. The summed E-state index contributed by atoms with van der Waals surface area (Å²) in [6, 6.07) is -0.131. The average Bonchev–Trinajstić information content (AvgIpc) is 2.51. The lowest BCUT2D eigenvalue weighted by Crippen LogP contribution is -2.38. The first-order valence-corrected chi connectivity index (χ1v) is 6.44. The molecular weight excluding hydrogens is 214 g/mol. The number of sulfonamides is 1. The number of alkyl halides is 1. The maximum atomic E-state index is 11.1. The molecule has 0 aromatic carbocycles. The summed E-state index contributed by atoms with van der Waals surface area (Å²) in [4.78, 5) is 0. The molecule has 1 saturated carbocycles. The third-order valence-corrected chi connectivity index (χ3v) is 4.18. The minimum atomic E-state index is -3.34. The standard InChI is InChI=1S/C7H14ClNO3S/c8-5-13(11,12)9-7-3-1-2-6(7)4-10/h6-7,9-10H,1-5H2. The molecule has 0 saturated heterocycles. The van der Waals surface area contributed by atoms with Crippen molar-refractivity contribution in [1.82, 2.24) is 4.72 Å². The molecular formula is C7H14ClNO3S. The van der Waals surface area contributed by atoms with Gasteiger partial charge in [-0.15, -0.1) is 11.6 Å². The Balaban J connectivity index is 2.53. The molecule has 13 heavy (non-hydrogen) atoms. The Kier molecular flexibility index (Phi) is 3.97. The van der Waals surface area contributed by atoms with Gasteiger partial charge in [0.15, 0.2) is 0 Å². The van der Waals surface area contributed by atoms with Crippen molar-refractivity contribution in [3.63, 3.8) is 0 Å². The second-order valence-electron chi connectivity index (χ2n) is 3.32. The highest BCUT2D eigenvalue weighted by molar-refractivity contribution is 7.90. The van der Waals surface area contributed by atoms with Crippen molar-refractivity contribution in [2.45, 2.75) is 25.3 Å². The van der Waals surface area contributed by atoms with E-state index >= 15 is 0 Å². The number of hydrogen-bond acceptors (Lipinski definition) is 3. The molecule has 1 aliphatic carbocycles. The Morgan fingerprint density at radius 1 is 1.46 bits per heavy atom. The molecule has 0 amide bonds. The van der Waals surface area contributed by atoms with Gasteiger partial charge in [-0.1, -0.05) is 6.42 Å². The fraction of sp³-hybridized carbons (Fsp3) is 1.00. The lowest BCUT2D eigenvalue weighted by Gasteiger charge is -2.17. The van der Waals surface area contributed by atoms with E-state index in [2.05, 4.69) is 4.72 Å². The van der Waals surface area contributed by atoms with Crippen LogP contribution in [0.2, 0.25) is 0 Å². The van der Waals surface area contributed by atoms with E-state index in [1.54, 1.807) is 0 Å². The van der Waals surface area contributed by atoms with Crippen molar-refractivity contribution in [3.8, 4) is 0 Å². The van der Waals surface area contributed by atoms with Crippen LogP contribution in [-0.2, 0) is 10.0 Å². The van der Waals surface area contributed by atoms with Crippen LogP contribution in [-0.4, -0.2) is 31.4 Å². The molecule has 1 aliphatic rings. The van der Waals surface area contributed by atoms with E-state index in [-0.39, 0.29) is 18.6 Å². The molecule has 0 radical (unpaired) electrons. The zero-order chi connectivity index (χ0) is 9.90. The van der Waals surface area contributed by atoms with Gasteiger partial charge in [0.2, 0.25) is 10.0 Å². The molecule has 0 aromatic rings. The number of aliphatic hydroxyl groups is 1. The van der Waals surface area contributed by atoms with Crippen LogP contribution >= 0.6 is 11.6 Å². The van der Waals surface area contributed by atoms with E-state index in [1.165, 1.54) is 0 Å². The highest BCUT2D eigenvalue weighted by Crippen LogP contribution is 2.25. The van der Waals surface area contributed by atoms with E-state index in [0.717, 1.165) is 19.3 Å². The van der Waals surface area contributed by atoms with Crippen LogP contribution in [0.3, 0.4) is 0 Å². The van der Waals surface area contributed by atoms with Crippen LogP contribution in [0.1, 0.15) is 19.3 Å². The smallest absolute Gasteiger partial charge is 0.225 e. The number of nitrogens with one attached hydrogen (secondary N) is 1. The molecule has 1 rings (SSSR count). The van der Waals surface area contributed by atoms with Gasteiger partial charge in [0.25, 0.3) is 0 Å². The number of hydrogen-bond donors (Lipinski definition) is 2. The van der Waals surface area contributed by atoms with Gasteiger partial charge in [0.1, 0.15) is 5.21 Å². The molecule has 1 fully saturated rings. The molecule has 6 heteroatoms. The molecule has 2 atom stereocenters. The van der Waals surface area contributed by atoms with Crippen molar-refractivity contribution in [1.29, 1.82) is 0 Å². The molecule has 0 spiro atoms. The molecule has 2 unspecified atom stereocenters. The van der Waals surface area contributed by atoms with Crippen molar-refractivity contribution < 1.29 is 13.5 Å². The first kappa shape index (κ1) is 11.2. The first-order valence-electron chi connectivity index (χ1n) is 4.26. The fourth-order valence-corrected chi connectivity index (χ4v) is 2.70. The van der Waals surface area contributed by atoms with Gasteiger partial charge in [-0.25, -0.2) is 13.1 Å². The summed E-state index contributed by atoms with van der Waals surface area (Å²) in [6.07, 6.45) is 2.63. The van der Waals surface area contributed by atoms with E-state index in [1.807, 2.05) is 0 Å². The SMILES string of the molecule is O=S(=O)(CCl)NC1CCCC1CO. The van der Waals surface area contributed by atoms with E-state index in [4.69, 9.17) is 16.7 Å². The summed E-state index contributed by atoms with van der Waals surface area (Å²) >= 11 is 5.25. The van der Waals surface area contributed by atoms with Crippen LogP contribution in [0.25, 0.3) is 0 Å². The van der Waals surface area contributed by atoms with Crippen LogP contribution in [0.5, 0.6) is 0 Å². The molecule has 0 bridgehead atoms. The van der Waals surface area contributed by atoms with Crippen molar-refractivity contribution in [2.75, 3.05) is 11.8 Å². The number of aliphatic hydroxyl groups excluding tert-OH is 1. The van der Waals surface area contributed by atoms with Crippen LogP contribution < -0.4 is 4.72 Å². The molecule has 2 N–H and O–H groups in total. The fourth-order valence-electron chi connectivity index (χ4n) is 1.67. The lowest BCUT2D eigenvalue weighted by atomic mass is 10.1. The van der Waals surface area contributed by atoms with Crippen molar-refractivity contribution >= 4 is 21.6 Å². The summed E-state index contributed by atoms with van der Waals surface area (Å²) in [7, 11) is -3.34. The monoisotopic (exact) mass is 227 g/mol. The Labute approximate surface area is 83.3 Å². The van der Waals surface area contributed by atoms with Crippen LogP contribution in [0.15, 0.2) is 0 Å². The Morgan fingerprint density at radius 2 is 2.15 bits per heavy atom. The first-order chi connectivity index (χ1) is 6.09. The highest BCUT2D eigenvalue weighted by Gasteiger charge is 2.29. The zero-order valence-electron chi connectivity index (χ0n) is 7.24. The molecule has 0 aliphatic heterocycles. The Bertz CT molecular complexity index is 254. The minimum absolute atomic E-state index is 0.0372. The van der Waals surface area contributed by atoms with Gasteiger partial charge in [0.05, 0.1) is 0 Å². The predicted octanol–water partition coefficient (Wildman–Crippen LogP) is 0.263. The minimum Gasteiger partial charge on any atom is -0.396 e. The van der Waals surface area contributed by atoms with Crippen LogP contribution in [0, 0.1) is 5.92 Å². The summed E-state index contributed by atoms with van der Waals surface area (Å²) in [5, 5.41) is 8.52. The molecule has 4 nitrogen and oxygen atoms in total. The van der Waals surface area contributed by atoms with Gasteiger partial charge in [-0.05, 0) is 18.8 Å². The van der Waals surface area contributed by atoms with Crippen molar-refractivity contribution in [2.24, 2.45) is 5.92 Å². The average molecular weight is 228 g/mol. The van der Waals surface area contributed by atoms with Gasteiger partial charge in [0, 0.05) is 12.6 Å². The summed E-state index contributed by atoms with van der Waals surface area (Å²) in [5.74, 6) is 0.0537. The molecule has 0 aromatic heterocycles. The predicted molar refractivity (Wildman–Crippen MR) is 51.0 cm³/mol.